The third kappa shape index (κ3) is 5.86. The number of benzene rings is 2. The van der Waals surface area contributed by atoms with E-state index in [0.29, 0.717) is 6.61 Å². The molecule has 0 amide bonds. The molecule has 0 saturated carbocycles. The van der Waals surface area contributed by atoms with E-state index in [1.165, 1.54) is 0 Å². The summed E-state index contributed by atoms with van der Waals surface area (Å²) in [5, 5.41) is 12.5. The van der Waals surface area contributed by atoms with E-state index in [1.807, 2.05) is 59.7 Å². The van der Waals surface area contributed by atoms with Crippen LogP contribution in [0, 0.1) is 0 Å². The van der Waals surface area contributed by atoms with Crippen molar-refractivity contribution in [1.82, 2.24) is 0 Å². The lowest BCUT2D eigenvalue weighted by molar-refractivity contribution is -0.310. The number of aliphatic hydroxyl groups excluding tert-OH is 1. The minimum absolute atomic E-state index is 0.0912. The zero-order chi connectivity index (χ0) is 30.1. The summed E-state index contributed by atoms with van der Waals surface area (Å²) in [5.41, 5.74) is 1.00. The van der Waals surface area contributed by atoms with E-state index in [-0.39, 0.29) is 13.2 Å². The molecule has 2 aromatic rings. The summed E-state index contributed by atoms with van der Waals surface area (Å²) in [6, 6.07) is 14.4. The first-order valence-corrected chi connectivity index (χ1v) is 15.1. The molecule has 43 heavy (non-hydrogen) atoms. The van der Waals surface area contributed by atoms with Gasteiger partial charge in [-0.3, -0.25) is 0 Å². The minimum Gasteiger partial charge on any atom is -0.394 e. The molecule has 5 fully saturated rings. The van der Waals surface area contributed by atoms with Crippen LogP contribution in [-0.4, -0.2) is 97.1 Å². The molecule has 1 N–H and O–H groups in total. The van der Waals surface area contributed by atoms with E-state index >= 15 is 0 Å². The SMILES string of the molecule is CC1(C)O[C@H]2[C@@H](O1)[C@@H](CO)O[C@@H](OC[C@H]1O[C@@H]3OC(C)(C)O[C@@H]3[C@H]3OC(C)(C)O[C@H]31)[C@@H]2OCc1ccc2ccccc2c1. The van der Waals surface area contributed by atoms with Crippen LogP contribution in [0.1, 0.15) is 47.1 Å². The quantitative estimate of drug-likeness (QED) is 0.504. The van der Waals surface area contributed by atoms with E-state index in [4.69, 9.17) is 47.4 Å². The van der Waals surface area contributed by atoms with Gasteiger partial charge in [0.15, 0.2) is 29.9 Å². The van der Waals surface area contributed by atoms with Gasteiger partial charge in [-0.2, -0.15) is 0 Å². The van der Waals surface area contributed by atoms with Crippen molar-refractivity contribution < 1.29 is 52.5 Å². The van der Waals surface area contributed by atoms with Gasteiger partial charge in [0.05, 0.1) is 19.8 Å². The van der Waals surface area contributed by atoms with Crippen molar-refractivity contribution in [3.05, 3.63) is 48.0 Å². The van der Waals surface area contributed by atoms with Crippen LogP contribution in [0.25, 0.3) is 10.8 Å². The Kier molecular flexibility index (Phi) is 7.63. The first kappa shape index (κ1) is 29.9. The highest BCUT2D eigenvalue weighted by Gasteiger charge is 2.61. The zero-order valence-electron chi connectivity index (χ0n) is 25.5. The highest BCUT2D eigenvalue weighted by atomic mass is 16.9. The van der Waals surface area contributed by atoms with Crippen LogP contribution < -0.4 is 0 Å². The van der Waals surface area contributed by atoms with Gasteiger partial charge in [0.2, 0.25) is 0 Å². The van der Waals surface area contributed by atoms with Crippen LogP contribution in [-0.2, 0) is 54.0 Å². The molecule has 0 radical (unpaired) electrons. The lowest BCUT2D eigenvalue weighted by Gasteiger charge is -2.42. The number of fused-ring (bicyclic) bond motifs is 5. The van der Waals surface area contributed by atoms with Gasteiger partial charge in [0.1, 0.15) is 48.8 Å². The lowest BCUT2D eigenvalue weighted by Crippen LogP contribution is -2.60. The molecule has 10 atom stereocenters. The lowest BCUT2D eigenvalue weighted by atomic mass is 9.98. The molecule has 236 valence electrons. The molecule has 5 heterocycles. The molecule has 0 unspecified atom stereocenters. The van der Waals surface area contributed by atoms with E-state index in [2.05, 4.69) is 24.3 Å². The first-order valence-electron chi connectivity index (χ1n) is 15.1. The molecule has 2 aromatic carbocycles. The van der Waals surface area contributed by atoms with E-state index < -0.39 is 78.8 Å². The third-order valence-electron chi connectivity index (χ3n) is 8.54. The standard InChI is InChI=1S/C32H42O11/c1-30(2)38-22-20(14-33)36-28(26(24(22)40-30)34-15-17-11-12-18-9-7-8-10-19(18)13-17)35-16-21-23-25(41-31(3,4)39-23)27-29(37-21)43-32(5,6)42-27/h7-13,20-29,33H,14-16H2,1-6H3/t20-,21-,22+,23+,24+,25+,26-,27-,28-,29-/m1/s1. The largest absolute Gasteiger partial charge is 0.394 e. The van der Waals surface area contributed by atoms with Crippen molar-refractivity contribution in [1.29, 1.82) is 0 Å². The molecule has 0 bridgehead atoms. The number of ether oxygens (including phenoxy) is 10. The van der Waals surface area contributed by atoms with E-state index in [9.17, 15) is 5.11 Å². The van der Waals surface area contributed by atoms with Crippen molar-refractivity contribution in [3.8, 4) is 0 Å². The number of rotatable bonds is 7. The number of hydrogen-bond donors (Lipinski definition) is 1. The number of aliphatic hydroxyl groups is 1. The summed E-state index contributed by atoms with van der Waals surface area (Å²) in [6.45, 7) is 11.2. The van der Waals surface area contributed by atoms with E-state index in [1.54, 1.807) is 0 Å². The highest BCUT2D eigenvalue weighted by Crippen LogP contribution is 2.45. The molecule has 5 aliphatic heterocycles. The molecule has 5 saturated heterocycles. The Labute approximate surface area is 251 Å². The average Bonchev–Trinajstić information content (AvgIpc) is 3.57. The van der Waals surface area contributed by atoms with Crippen LogP contribution in [0.4, 0.5) is 0 Å². The van der Waals surface area contributed by atoms with Crippen LogP contribution in [0.5, 0.6) is 0 Å². The van der Waals surface area contributed by atoms with Gasteiger partial charge in [-0.1, -0.05) is 36.4 Å². The Hall–Kier alpha value is -1.74. The fourth-order valence-electron chi connectivity index (χ4n) is 6.83. The van der Waals surface area contributed by atoms with Gasteiger partial charge >= 0.3 is 0 Å². The van der Waals surface area contributed by atoms with Crippen molar-refractivity contribution in [2.45, 2.75) is 127 Å². The van der Waals surface area contributed by atoms with Gasteiger partial charge in [0, 0.05) is 0 Å². The molecule has 11 nitrogen and oxygen atoms in total. The normalized spacial score (nSPS) is 40.7. The third-order valence-corrected chi connectivity index (χ3v) is 8.54. The summed E-state index contributed by atoms with van der Waals surface area (Å²) in [5.74, 6) is -2.53. The second-order valence-corrected chi connectivity index (χ2v) is 13.3. The van der Waals surface area contributed by atoms with Gasteiger partial charge in [-0.25, -0.2) is 0 Å². The smallest absolute Gasteiger partial charge is 0.190 e. The fourth-order valence-corrected chi connectivity index (χ4v) is 6.83. The molecular weight excluding hydrogens is 560 g/mol. The molecular formula is C32H42O11. The fraction of sp³-hybridized carbons (Fsp3) is 0.688. The predicted molar refractivity (Wildman–Crippen MR) is 151 cm³/mol. The molecule has 5 aliphatic rings. The average molecular weight is 603 g/mol. The van der Waals surface area contributed by atoms with Gasteiger partial charge in [-0.05, 0) is 63.9 Å². The molecule has 0 aliphatic carbocycles. The predicted octanol–water partition coefficient (Wildman–Crippen LogP) is 3.38. The molecule has 11 heteroatoms. The van der Waals surface area contributed by atoms with E-state index in [0.717, 1.165) is 16.3 Å². The summed E-state index contributed by atoms with van der Waals surface area (Å²) < 4.78 is 62.7. The second kappa shape index (κ2) is 11.0. The number of hydrogen-bond acceptors (Lipinski definition) is 11. The van der Waals surface area contributed by atoms with Crippen molar-refractivity contribution >= 4 is 10.8 Å². The van der Waals surface area contributed by atoms with Crippen molar-refractivity contribution in [3.63, 3.8) is 0 Å². The van der Waals surface area contributed by atoms with Gasteiger partial charge in [0.25, 0.3) is 0 Å². The Morgan fingerprint density at radius 1 is 0.651 bits per heavy atom. The Morgan fingerprint density at radius 2 is 1.28 bits per heavy atom. The Morgan fingerprint density at radius 3 is 2.02 bits per heavy atom. The summed E-state index contributed by atoms with van der Waals surface area (Å²) in [4.78, 5) is 0. The highest BCUT2D eigenvalue weighted by molar-refractivity contribution is 5.82. The maximum atomic E-state index is 10.2. The zero-order valence-corrected chi connectivity index (χ0v) is 25.5. The topological polar surface area (TPSA) is 113 Å². The minimum atomic E-state index is -0.886. The monoisotopic (exact) mass is 602 g/mol. The second-order valence-electron chi connectivity index (χ2n) is 13.3. The Balaban J connectivity index is 1.11. The van der Waals surface area contributed by atoms with Crippen LogP contribution in [0.15, 0.2) is 42.5 Å². The van der Waals surface area contributed by atoms with Gasteiger partial charge in [-0.15, -0.1) is 0 Å². The van der Waals surface area contributed by atoms with Crippen LogP contribution in [0.2, 0.25) is 0 Å². The Bertz CT molecular complexity index is 1310. The summed E-state index contributed by atoms with van der Waals surface area (Å²) in [7, 11) is 0. The maximum Gasteiger partial charge on any atom is 0.190 e. The summed E-state index contributed by atoms with van der Waals surface area (Å²) in [6.07, 6.45) is -5.76. The van der Waals surface area contributed by atoms with Crippen molar-refractivity contribution in [2.75, 3.05) is 13.2 Å². The summed E-state index contributed by atoms with van der Waals surface area (Å²) >= 11 is 0. The first-order chi connectivity index (χ1) is 20.4. The molecule has 0 spiro atoms. The molecule has 7 rings (SSSR count). The molecule has 0 aromatic heterocycles. The van der Waals surface area contributed by atoms with Crippen LogP contribution in [0.3, 0.4) is 0 Å². The van der Waals surface area contributed by atoms with Gasteiger partial charge < -0.3 is 52.5 Å². The maximum absolute atomic E-state index is 10.2. The van der Waals surface area contributed by atoms with Crippen molar-refractivity contribution in [2.24, 2.45) is 0 Å². The van der Waals surface area contributed by atoms with Crippen LogP contribution >= 0.6 is 0 Å².